The Labute approximate surface area is 192 Å². The zero-order valence-electron chi connectivity index (χ0n) is 18.8. The van der Waals surface area contributed by atoms with E-state index >= 15 is 0 Å². The third kappa shape index (κ3) is 5.54. The summed E-state index contributed by atoms with van der Waals surface area (Å²) in [6.45, 7) is 3.93. The normalized spacial score (nSPS) is 10.6. The molecule has 0 fully saturated rings. The molecule has 1 amide bonds. The number of rotatable bonds is 8. The summed E-state index contributed by atoms with van der Waals surface area (Å²) in [4.78, 5) is 25.1. The van der Waals surface area contributed by atoms with E-state index in [1.807, 2.05) is 42.7 Å². The third-order valence-electron chi connectivity index (χ3n) is 5.29. The first-order valence-corrected chi connectivity index (χ1v) is 10.6. The molecule has 4 aromatic rings. The van der Waals surface area contributed by atoms with Crippen LogP contribution >= 0.6 is 0 Å². The van der Waals surface area contributed by atoms with E-state index in [9.17, 15) is 4.79 Å². The van der Waals surface area contributed by atoms with Crippen molar-refractivity contribution in [3.63, 3.8) is 0 Å². The van der Waals surface area contributed by atoms with E-state index in [0.717, 1.165) is 22.7 Å². The van der Waals surface area contributed by atoms with Crippen molar-refractivity contribution in [2.24, 2.45) is 0 Å². The monoisotopic (exact) mass is 443 g/mol. The Morgan fingerprint density at radius 3 is 2.36 bits per heavy atom. The van der Waals surface area contributed by atoms with Crippen LogP contribution in [0.3, 0.4) is 0 Å². The van der Waals surface area contributed by atoms with Crippen molar-refractivity contribution in [1.29, 1.82) is 0 Å². The molecule has 0 bridgehead atoms. The van der Waals surface area contributed by atoms with Crippen LogP contribution in [0.25, 0.3) is 5.82 Å². The number of carbonyl (C=O) groups excluding carboxylic acids is 1. The number of ether oxygens (including phenoxy) is 2. The standard InChI is InChI=1S/C25H25N5O3/c1-17-18(2)30(16-28-17)23-14-25(27-15-26-23)33-22-11-7-20(8-12-22)29-24(31)13-6-19-4-9-21(32-3)10-5-19/h4-5,7-12,14-16H,6,13H2,1-3H3,(H,29,31). The number of amides is 1. The molecule has 1 N–H and O–H groups in total. The topological polar surface area (TPSA) is 91.2 Å². The van der Waals surface area contributed by atoms with Crippen molar-refractivity contribution >= 4 is 11.6 Å². The van der Waals surface area contributed by atoms with Gasteiger partial charge in [-0.2, -0.15) is 0 Å². The minimum absolute atomic E-state index is 0.0501. The first-order chi connectivity index (χ1) is 16.0. The summed E-state index contributed by atoms with van der Waals surface area (Å²) >= 11 is 0. The number of carbonyl (C=O) groups is 1. The SMILES string of the molecule is COc1ccc(CCC(=O)Nc2ccc(Oc3cc(-n4cnc(C)c4C)ncn3)cc2)cc1. The van der Waals surface area contributed by atoms with Gasteiger partial charge in [0, 0.05) is 23.9 Å². The number of benzene rings is 2. The Balaban J connectivity index is 1.33. The highest BCUT2D eigenvalue weighted by atomic mass is 16.5. The fourth-order valence-corrected chi connectivity index (χ4v) is 3.25. The van der Waals surface area contributed by atoms with Crippen LogP contribution in [0.4, 0.5) is 5.69 Å². The highest BCUT2D eigenvalue weighted by Crippen LogP contribution is 2.23. The van der Waals surface area contributed by atoms with Gasteiger partial charge in [0.05, 0.1) is 12.8 Å². The summed E-state index contributed by atoms with van der Waals surface area (Å²) in [5, 5.41) is 2.91. The maximum Gasteiger partial charge on any atom is 0.224 e. The van der Waals surface area contributed by atoms with Gasteiger partial charge in [-0.3, -0.25) is 9.36 Å². The summed E-state index contributed by atoms with van der Waals surface area (Å²) in [5.41, 5.74) is 3.74. The molecule has 0 saturated heterocycles. The first kappa shape index (κ1) is 22.0. The van der Waals surface area contributed by atoms with Crippen LogP contribution in [-0.2, 0) is 11.2 Å². The second-order valence-electron chi connectivity index (χ2n) is 7.52. The number of methoxy groups -OCH3 is 1. The van der Waals surface area contributed by atoms with Crippen LogP contribution in [0.2, 0.25) is 0 Å². The highest BCUT2D eigenvalue weighted by Gasteiger charge is 2.09. The van der Waals surface area contributed by atoms with Gasteiger partial charge in [-0.1, -0.05) is 12.1 Å². The molecule has 0 aliphatic heterocycles. The molecule has 33 heavy (non-hydrogen) atoms. The van der Waals surface area contributed by atoms with E-state index in [1.165, 1.54) is 6.33 Å². The van der Waals surface area contributed by atoms with Crippen LogP contribution in [0.5, 0.6) is 17.4 Å². The summed E-state index contributed by atoms with van der Waals surface area (Å²) in [6, 6.07) is 16.6. The molecule has 0 saturated carbocycles. The quantitative estimate of drug-likeness (QED) is 0.426. The predicted molar refractivity (Wildman–Crippen MR) is 125 cm³/mol. The number of nitrogens with one attached hydrogen (secondary N) is 1. The number of nitrogens with zero attached hydrogens (tertiary/aromatic N) is 4. The third-order valence-corrected chi connectivity index (χ3v) is 5.29. The molecule has 168 valence electrons. The Hall–Kier alpha value is -4.20. The van der Waals surface area contributed by atoms with Crippen LogP contribution < -0.4 is 14.8 Å². The average molecular weight is 444 g/mol. The lowest BCUT2D eigenvalue weighted by Gasteiger charge is -2.09. The Morgan fingerprint density at radius 1 is 0.970 bits per heavy atom. The lowest BCUT2D eigenvalue weighted by Crippen LogP contribution is -2.12. The van der Waals surface area contributed by atoms with Crippen molar-refractivity contribution in [1.82, 2.24) is 19.5 Å². The van der Waals surface area contributed by atoms with Gasteiger partial charge in [-0.15, -0.1) is 0 Å². The Morgan fingerprint density at radius 2 is 1.70 bits per heavy atom. The Bertz CT molecular complexity index is 1230. The van der Waals surface area contributed by atoms with E-state index in [-0.39, 0.29) is 5.91 Å². The first-order valence-electron chi connectivity index (χ1n) is 10.6. The number of imidazole rings is 1. The van der Waals surface area contributed by atoms with Crippen LogP contribution in [0.1, 0.15) is 23.4 Å². The van der Waals surface area contributed by atoms with Crippen molar-refractivity contribution in [3.8, 4) is 23.2 Å². The van der Waals surface area contributed by atoms with Crippen molar-refractivity contribution in [2.45, 2.75) is 26.7 Å². The minimum atomic E-state index is -0.0501. The van der Waals surface area contributed by atoms with Gasteiger partial charge in [0.1, 0.15) is 30.0 Å². The predicted octanol–water partition coefficient (Wildman–Crippen LogP) is 4.65. The van der Waals surface area contributed by atoms with Gasteiger partial charge in [0.25, 0.3) is 0 Å². The van der Waals surface area contributed by atoms with E-state index < -0.39 is 0 Å². The number of aromatic nitrogens is 4. The molecule has 2 aromatic heterocycles. The van der Waals surface area contributed by atoms with Crippen LogP contribution in [0, 0.1) is 13.8 Å². The molecule has 0 aliphatic rings. The van der Waals surface area contributed by atoms with E-state index in [2.05, 4.69) is 20.3 Å². The Kier molecular flexibility index (Phi) is 6.64. The van der Waals surface area contributed by atoms with Gasteiger partial charge in [-0.05, 0) is 62.2 Å². The molecule has 8 nitrogen and oxygen atoms in total. The molecule has 0 atom stereocenters. The summed E-state index contributed by atoms with van der Waals surface area (Å²) in [7, 11) is 1.63. The molecule has 2 aromatic carbocycles. The molecule has 0 aliphatic carbocycles. The van der Waals surface area contributed by atoms with Crippen LogP contribution in [0.15, 0.2) is 67.3 Å². The number of anilines is 1. The maximum absolute atomic E-state index is 12.3. The number of hydrogen-bond donors (Lipinski definition) is 1. The zero-order chi connectivity index (χ0) is 23.2. The summed E-state index contributed by atoms with van der Waals surface area (Å²) < 4.78 is 12.9. The fraction of sp³-hybridized carbons (Fsp3) is 0.200. The number of hydrogen-bond acceptors (Lipinski definition) is 6. The molecule has 4 rings (SSSR count). The van der Waals surface area contributed by atoms with E-state index in [0.29, 0.717) is 36.0 Å². The molecule has 8 heteroatoms. The molecule has 0 spiro atoms. The largest absolute Gasteiger partial charge is 0.497 e. The maximum atomic E-state index is 12.3. The summed E-state index contributed by atoms with van der Waals surface area (Å²) in [6.07, 6.45) is 4.23. The highest BCUT2D eigenvalue weighted by molar-refractivity contribution is 5.90. The fourth-order valence-electron chi connectivity index (χ4n) is 3.25. The smallest absolute Gasteiger partial charge is 0.224 e. The van der Waals surface area contributed by atoms with Gasteiger partial charge in [0.2, 0.25) is 11.8 Å². The second kappa shape index (κ2) is 9.95. The molecular formula is C25H25N5O3. The molecule has 0 radical (unpaired) electrons. The summed E-state index contributed by atoms with van der Waals surface area (Å²) in [5.74, 6) is 2.46. The van der Waals surface area contributed by atoms with Crippen molar-refractivity contribution in [3.05, 3.63) is 84.2 Å². The van der Waals surface area contributed by atoms with Crippen LogP contribution in [-0.4, -0.2) is 32.5 Å². The van der Waals surface area contributed by atoms with Gasteiger partial charge in [0.15, 0.2) is 0 Å². The zero-order valence-corrected chi connectivity index (χ0v) is 18.8. The average Bonchev–Trinajstić information content (AvgIpc) is 3.17. The minimum Gasteiger partial charge on any atom is -0.497 e. The van der Waals surface area contributed by atoms with Crippen molar-refractivity contribution in [2.75, 3.05) is 12.4 Å². The van der Waals surface area contributed by atoms with Gasteiger partial charge >= 0.3 is 0 Å². The van der Waals surface area contributed by atoms with Gasteiger partial charge < -0.3 is 14.8 Å². The van der Waals surface area contributed by atoms with E-state index in [4.69, 9.17) is 9.47 Å². The van der Waals surface area contributed by atoms with E-state index in [1.54, 1.807) is 43.8 Å². The van der Waals surface area contributed by atoms with Gasteiger partial charge in [-0.25, -0.2) is 15.0 Å². The molecular weight excluding hydrogens is 418 g/mol. The lowest BCUT2D eigenvalue weighted by molar-refractivity contribution is -0.116. The molecule has 0 unspecified atom stereocenters. The lowest BCUT2D eigenvalue weighted by atomic mass is 10.1. The van der Waals surface area contributed by atoms with Crippen molar-refractivity contribution < 1.29 is 14.3 Å². The second-order valence-corrected chi connectivity index (χ2v) is 7.52. The molecule has 2 heterocycles. The number of aryl methyl sites for hydroxylation is 2.